The van der Waals surface area contributed by atoms with E-state index in [0.717, 1.165) is 12.3 Å². The highest BCUT2D eigenvalue weighted by atomic mass is 16.2. The number of carbonyl (C=O) groups is 2. The first-order chi connectivity index (χ1) is 12.9. The highest BCUT2D eigenvalue weighted by Gasteiger charge is 2.67. The molecule has 3 heteroatoms. The molecule has 27 heavy (non-hydrogen) atoms. The van der Waals surface area contributed by atoms with Crippen LogP contribution in [0, 0.1) is 46.3 Å². The van der Waals surface area contributed by atoms with Crippen LogP contribution in [0.15, 0.2) is 0 Å². The van der Waals surface area contributed by atoms with Gasteiger partial charge in [0.05, 0.1) is 6.04 Å². The van der Waals surface area contributed by atoms with Crippen LogP contribution in [0.2, 0.25) is 0 Å². The van der Waals surface area contributed by atoms with Crippen LogP contribution in [0.25, 0.3) is 0 Å². The summed E-state index contributed by atoms with van der Waals surface area (Å²) in [5.41, 5.74) is 0.0363. The lowest BCUT2D eigenvalue weighted by molar-refractivity contribution is -0.165. The minimum Gasteiger partial charge on any atom is -0.346 e. The van der Waals surface area contributed by atoms with Gasteiger partial charge in [-0.1, -0.05) is 33.6 Å². The van der Waals surface area contributed by atoms with E-state index < -0.39 is 0 Å². The molecule has 3 nitrogen and oxygen atoms in total. The van der Waals surface area contributed by atoms with Crippen molar-refractivity contribution in [2.75, 3.05) is 0 Å². The Morgan fingerprint density at radius 1 is 0.926 bits per heavy atom. The number of hydrogen-bond donors (Lipinski definition) is 1. The van der Waals surface area contributed by atoms with E-state index in [0.29, 0.717) is 41.8 Å². The Labute approximate surface area is 164 Å². The van der Waals surface area contributed by atoms with Gasteiger partial charge in [-0.15, -0.1) is 0 Å². The molecule has 1 saturated heterocycles. The highest BCUT2D eigenvalue weighted by molar-refractivity contribution is 5.95. The van der Waals surface area contributed by atoms with Gasteiger partial charge in [-0.2, -0.15) is 0 Å². The maximum atomic E-state index is 14.1. The zero-order chi connectivity index (χ0) is 19.0. The number of fused-ring (bicyclic) bond motifs is 6. The van der Waals surface area contributed by atoms with Crippen LogP contribution in [0.5, 0.6) is 0 Å². The van der Waals surface area contributed by atoms with Gasteiger partial charge in [0.15, 0.2) is 5.78 Å². The number of carbonyl (C=O) groups excluding carboxylic acids is 2. The van der Waals surface area contributed by atoms with Crippen molar-refractivity contribution >= 4 is 11.7 Å². The Morgan fingerprint density at radius 2 is 1.70 bits per heavy atom. The van der Waals surface area contributed by atoms with E-state index in [1.54, 1.807) is 0 Å². The van der Waals surface area contributed by atoms with Crippen molar-refractivity contribution < 1.29 is 9.59 Å². The summed E-state index contributed by atoms with van der Waals surface area (Å²) in [7, 11) is 0. The molecule has 4 saturated carbocycles. The number of Topliss-reactive ketones (excluding diaryl/α,β-unsaturated/α-hetero) is 1. The molecule has 2 bridgehead atoms. The number of rotatable bonds is 0. The van der Waals surface area contributed by atoms with Gasteiger partial charge in [0.25, 0.3) is 0 Å². The molecule has 0 aromatic carbocycles. The number of hydrogen-bond acceptors (Lipinski definition) is 2. The van der Waals surface area contributed by atoms with Gasteiger partial charge in [0.1, 0.15) is 0 Å². The first-order valence-corrected chi connectivity index (χ1v) is 11.7. The third-order valence-electron chi connectivity index (χ3n) is 10.4. The number of ketones is 1. The van der Waals surface area contributed by atoms with E-state index in [-0.39, 0.29) is 22.8 Å². The summed E-state index contributed by atoms with van der Waals surface area (Å²) >= 11 is 0. The highest BCUT2D eigenvalue weighted by Crippen LogP contribution is 2.67. The Kier molecular flexibility index (Phi) is 4.09. The van der Waals surface area contributed by atoms with Crippen LogP contribution < -0.4 is 5.32 Å². The van der Waals surface area contributed by atoms with Gasteiger partial charge >= 0.3 is 0 Å². The number of amides is 1. The van der Waals surface area contributed by atoms with Crippen molar-refractivity contribution in [3.05, 3.63) is 0 Å². The Balaban J connectivity index is 1.63. The van der Waals surface area contributed by atoms with Gasteiger partial charge in [0, 0.05) is 11.8 Å². The first-order valence-electron chi connectivity index (χ1n) is 11.7. The molecule has 5 aliphatic rings. The molecule has 0 unspecified atom stereocenters. The minimum atomic E-state index is -0.222. The van der Waals surface area contributed by atoms with E-state index in [1.165, 1.54) is 51.4 Å². The van der Waals surface area contributed by atoms with Crippen molar-refractivity contribution in [1.29, 1.82) is 0 Å². The van der Waals surface area contributed by atoms with E-state index in [4.69, 9.17) is 0 Å². The zero-order valence-corrected chi connectivity index (χ0v) is 17.4. The fraction of sp³-hybridized carbons (Fsp3) is 0.917. The molecule has 5 fully saturated rings. The fourth-order valence-electron chi connectivity index (χ4n) is 9.08. The normalized spacial score (nSPS) is 54.9. The van der Waals surface area contributed by atoms with Gasteiger partial charge in [0.2, 0.25) is 5.91 Å². The van der Waals surface area contributed by atoms with Gasteiger partial charge < -0.3 is 5.32 Å². The molecule has 150 valence electrons. The zero-order valence-electron chi connectivity index (χ0n) is 17.4. The third kappa shape index (κ3) is 2.32. The Bertz CT molecular complexity index is 659. The molecule has 5 rings (SSSR count). The molecule has 1 N–H and O–H groups in total. The topological polar surface area (TPSA) is 46.2 Å². The number of nitrogens with one attached hydrogen (secondary N) is 1. The van der Waals surface area contributed by atoms with Crippen molar-refractivity contribution in [1.82, 2.24) is 5.32 Å². The van der Waals surface area contributed by atoms with Crippen LogP contribution >= 0.6 is 0 Å². The molecule has 1 amide bonds. The van der Waals surface area contributed by atoms with Crippen molar-refractivity contribution in [2.45, 2.75) is 91.0 Å². The maximum absolute atomic E-state index is 14.1. The van der Waals surface area contributed by atoms with E-state index >= 15 is 0 Å². The maximum Gasteiger partial charge on any atom is 0.220 e. The monoisotopic (exact) mass is 371 g/mol. The largest absolute Gasteiger partial charge is 0.346 e. The predicted octanol–water partition coefficient (Wildman–Crippen LogP) is 4.74. The lowest BCUT2D eigenvalue weighted by atomic mass is 9.43. The molecular formula is C24H37NO2. The lowest BCUT2D eigenvalue weighted by Gasteiger charge is -2.62. The van der Waals surface area contributed by atoms with Crippen LogP contribution in [-0.4, -0.2) is 17.7 Å². The SMILES string of the molecule is C[C@@H]1CCC(=O)N[C@H]2C(=O)[C@]3(C)[C@@H]1CC[C@H]3[C@@H]1CC[C@H]3CCCC[C@]3(C)[C@H]12. The molecule has 0 spiro atoms. The Hall–Kier alpha value is -0.860. The minimum absolute atomic E-state index is 0.127. The summed E-state index contributed by atoms with van der Waals surface area (Å²) in [5.74, 6) is 3.80. The molecule has 0 aromatic heterocycles. The fourth-order valence-corrected chi connectivity index (χ4v) is 9.08. The second-order valence-electron chi connectivity index (χ2n) is 11.2. The summed E-state index contributed by atoms with van der Waals surface area (Å²) in [6, 6.07) is -0.222. The quantitative estimate of drug-likeness (QED) is 0.668. The smallest absolute Gasteiger partial charge is 0.220 e. The standard InChI is InChI=1S/C24H37NO2/c1-14-7-12-19(26)25-21-20-16(9-8-15-6-4-5-13-23(15,20)2)18-11-10-17(14)24(18,3)22(21)27/h14-18,20-21H,4-13H2,1-3H3,(H,25,26)/t14-,15-,16+,17-,18+,20-,21-,23+,24-/m1/s1. The molecule has 1 aliphatic heterocycles. The van der Waals surface area contributed by atoms with E-state index in [1.807, 2.05) is 0 Å². The molecular weight excluding hydrogens is 334 g/mol. The molecule has 4 aliphatic carbocycles. The van der Waals surface area contributed by atoms with E-state index in [9.17, 15) is 9.59 Å². The van der Waals surface area contributed by atoms with Gasteiger partial charge in [-0.05, 0) is 85.9 Å². The van der Waals surface area contributed by atoms with Crippen molar-refractivity contribution in [2.24, 2.45) is 46.3 Å². The third-order valence-corrected chi connectivity index (χ3v) is 10.4. The van der Waals surface area contributed by atoms with Crippen molar-refractivity contribution in [3.63, 3.8) is 0 Å². The molecule has 0 radical (unpaired) electrons. The lowest BCUT2D eigenvalue weighted by Crippen LogP contribution is -2.67. The van der Waals surface area contributed by atoms with Crippen molar-refractivity contribution in [3.8, 4) is 0 Å². The van der Waals surface area contributed by atoms with Gasteiger partial charge in [-0.3, -0.25) is 9.59 Å². The first kappa shape index (κ1) is 18.2. The predicted molar refractivity (Wildman–Crippen MR) is 106 cm³/mol. The summed E-state index contributed by atoms with van der Waals surface area (Å²) in [6.07, 6.45) is 11.8. The summed E-state index contributed by atoms with van der Waals surface area (Å²) in [4.78, 5) is 26.8. The average Bonchev–Trinajstić information content (AvgIpc) is 3.00. The second kappa shape index (κ2) is 6.07. The molecule has 0 aromatic rings. The van der Waals surface area contributed by atoms with E-state index in [2.05, 4.69) is 26.1 Å². The van der Waals surface area contributed by atoms with Crippen LogP contribution in [0.3, 0.4) is 0 Å². The average molecular weight is 372 g/mol. The summed E-state index contributed by atoms with van der Waals surface area (Å²) in [5, 5.41) is 3.32. The van der Waals surface area contributed by atoms with Crippen LogP contribution in [-0.2, 0) is 9.59 Å². The summed E-state index contributed by atoms with van der Waals surface area (Å²) in [6.45, 7) is 7.08. The Morgan fingerprint density at radius 3 is 2.52 bits per heavy atom. The van der Waals surface area contributed by atoms with Crippen LogP contribution in [0.1, 0.15) is 85.0 Å². The summed E-state index contributed by atoms with van der Waals surface area (Å²) < 4.78 is 0. The second-order valence-corrected chi connectivity index (χ2v) is 11.2. The van der Waals surface area contributed by atoms with Crippen LogP contribution in [0.4, 0.5) is 0 Å². The van der Waals surface area contributed by atoms with Gasteiger partial charge in [-0.25, -0.2) is 0 Å². The molecule has 1 heterocycles. The molecule has 9 atom stereocenters.